The van der Waals surface area contributed by atoms with Crippen molar-refractivity contribution in [1.29, 1.82) is 0 Å². The van der Waals surface area contributed by atoms with Gasteiger partial charge in [-0.25, -0.2) is 0 Å². The summed E-state index contributed by atoms with van der Waals surface area (Å²) >= 11 is -5.75. The molecule has 0 aromatic heterocycles. The molecule has 12 heavy (non-hydrogen) atoms. The summed E-state index contributed by atoms with van der Waals surface area (Å²) in [7, 11) is -5.17. The molecule has 0 atom stereocenters. The Morgan fingerprint density at radius 1 is 1.00 bits per heavy atom. The van der Waals surface area contributed by atoms with Crippen molar-refractivity contribution in [3.8, 4) is 0 Å². The summed E-state index contributed by atoms with van der Waals surface area (Å²) in [5, 5.41) is 0. The monoisotopic (exact) mass is 390 g/mol. The second kappa shape index (κ2) is 9.04. The molecule has 0 saturated heterocycles. The van der Waals surface area contributed by atoms with E-state index in [1.54, 1.807) is 0 Å². The number of rotatable bonds is 0. The summed E-state index contributed by atoms with van der Waals surface area (Å²) in [6.45, 7) is 0. The zero-order valence-corrected chi connectivity index (χ0v) is 14.6. The third-order valence-electron chi connectivity index (χ3n) is 0. The predicted octanol–water partition coefficient (Wildman–Crippen LogP) is -3.96. The van der Waals surface area contributed by atoms with Crippen LogP contribution in [0.3, 0.4) is 0 Å². The van der Waals surface area contributed by atoms with E-state index in [2.05, 4.69) is 0 Å². The van der Waals surface area contributed by atoms with Crippen molar-refractivity contribution in [2.45, 2.75) is 0 Å². The molecular formula is CdCrO8SZn. The molecule has 0 fully saturated rings. The van der Waals surface area contributed by atoms with E-state index >= 15 is 0 Å². The van der Waals surface area contributed by atoms with E-state index in [0.29, 0.717) is 0 Å². The van der Waals surface area contributed by atoms with Crippen LogP contribution in [0.15, 0.2) is 0 Å². The first-order valence-electron chi connectivity index (χ1n) is 1.33. The maximum Gasteiger partial charge on any atom is 2.00 e. The van der Waals surface area contributed by atoms with Crippen molar-refractivity contribution in [3.63, 3.8) is 0 Å². The van der Waals surface area contributed by atoms with Crippen LogP contribution in [-0.2, 0) is 78.4 Å². The minimum absolute atomic E-state index is 0. The van der Waals surface area contributed by atoms with Gasteiger partial charge in [0.05, 0.1) is 0 Å². The van der Waals surface area contributed by atoms with Crippen LogP contribution in [0.5, 0.6) is 0 Å². The molecule has 0 rings (SSSR count). The molecule has 64 valence electrons. The fraction of sp³-hybridized carbons (Fsp3) is 0. The molecule has 0 bridgehead atoms. The summed E-state index contributed by atoms with van der Waals surface area (Å²) in [5.74, 6) is 0. The molecule has 0 aromatic rings. The third kappa shape index (κ3) is 583. The van der Waals surface area contributed by atoms with Crippen molar-refractivity contribution in [2.24, 2.45) is 0 Å². The van der Waals surface area contributed by atoms with E-state index in [1.807, 2.05) is 0 Å². The zero-order chi connectivity index (χ0) is 9.00. The van der Waals surface area contributed by atoms with E-state index in [1.165, 1.54) is 0 Å². The van der Waals surface area contributed by atoms with Crippen LogP contribution in [0.2, 0.25) is 0 Å². The molecule has 0 heterocycles. The molecule has 0 spiro atoms. The second-order valence-electron chi connectivity index (χ2n) is 0.816. The summed E-state index contributed by atoms with van der Waals surface area (Å²) in [6.07, 6.45) is 0. The minimum atomic E-state index is -5.75. The first-order valence-corrected chi connectivity index (χ1v) is 4.75. The van der Waals surface area contributed by atoms with Crippen LogP contribution in [0.4, 0.5) is 0 Å². The Balaban J connectivity index is -0.0000000457. The molecule has 0 unspecified atom stereocenters. The van der Waals surface area contributed by atoms with Crippen LogP contribution >= 0.6 is 0 Å². The molecule has 0 amide bonds. The molecule has 8 nitrogen and oxygen atoms in total. The Labute approximate surface area is 103 Å². The van der Waals surface area contributed by atoms with Gasteiger partial charge >= 0.3 is 76.3 Å². The van der Waals surface area contributed by atoms with E-state index < -0.39 is 24.0 Å². The SMILES string of the molecule is O=S(=O)([O-])[O-].[Cd+2].[O]=[Cr](=[O])([O-])[O-].[Zn+2]. The van der Waals surface area contributed by atoms with Gasteiger partial charge in [0.15, 0.2) is 0 Å². The molecule has 0 aromatic carbocycles. The van der Waals surface area contributed by atoms with Gasteiger partial charge in [0, 0.05) is 10.4 Å². The van der Waals surface area contributed by atoms with Gasteiger partial charge in [0.25, 0.3) is 0 Å². The van der Waals surface area contributed by atoms with E-state index in [4.69, 9.17) is 33.4 Å². The Hall–Kier alpha value is 1.47. The fourth-order valence-corrected chi connectivity index (χ4v) is 0. The third-order valence-corrected chi connectivity index (χ3v) is 0. The van der Waals surface area contributed by atoms with Crippen molar-refractivity contribution < 1.29 is 93.8 Å². The van der Waals surface area contributed by atoms with Crippen molar-refractivity contribution in [2.75, 3.05) is 0 Å². The van der Waals surface area contributed by atoms with Crippen LogP contribution in [0.25, 0.3) is 0 Å². The van der Waals surface area contributed by atoms with Crippen molar-refractivity contribution in [3.05, 3.63) is 0 Å². The van der Waals surface area contributed by atoms with Gasteiger partial charge in [-0.2, -0.15) is 0 Å². The molecule has 0 N–H and O–H groups in total. The number of hydrogen-bond donors (Lipinski definition) is 0. The molecule has 0 saturated carbocycles. The van der Waals surface area contributed by atoms with Crippen molar-refractivity contribution >= 4 is 10.4 Å². The Kier molecular flexibility index (Phi) is 17.6. The number of hydrogen-bond acceptors (Lipinski definition) is 8. The molecule has 0 aliphatic carbocycles. The Morgan fingerprint density at radius 3 is 1.00 bits per heavy atom. The quantitative estimate of drug-likeness (QED) is 0.230. The van der Waals surface area contributed by atoms with Gasteiger partial charge in [-0.3, -0.25) is 8.42 Å². The van der Waals surface area contributed by atoms with E-state index in [9.17, 15) is 0 Å². The van der Waals surface area contributed by atoms with Gasteiger partial charge in [0.1, 0.15) is 0 Å². The maximum atomic E-state index is 8.59. The minimum Gasteiger partial charge on any atom is 2.00 e. The zero-order valence-electron chi connectivity index (χ0n) is 5.50. The summed E-state index contributed by atoms with van der Waals surface area (Å²) in [6, 6.07) is 0. The second-order valence-corrected chi connectivity index (χ2v) is 2.91. The van der Waals surface area contributed by atoms with Gasteiger partial charge < -0.3 is 9.11 Å². The van der Waals surface area contributed by atoms with Gasteiger partial charge in [0.2, 0.25) is 0 Å². The summed E-state index contributed by atoms with van der Waals surface area (Å²) < 4.78 is 68.5. The molecular weight excluding hydrogens is 390 g/mol. The summed E-state index contributed by atoms with van der Waals surface area (Å²) in [5.41, 5.74) is 0. The Bertz CT molecular complexity index is 215. The average molecular weight is 390 g/mol. The molecule has 12 heteroatoms. The molecule has 0 aliphatic rings. The van der Waals surface area contributed by atoms with Gasteiger partial charge in [-0.1, -0.05) is 0 Å². The van der Waals surface area contributed by atoms with Gasteiger partial charge in [-0.15, -0.1) is 0 Å². The van der Waals surface area contributed by atoms with Crippen LogP contribution in [0, 0.1) is 0 Å². The van der Waals surface area contributed by atoms with Crippen molar-refractivity contribution in [1.82, 2.24) is 0 Å². The van der Waals surface area contributed by atoms with E-state index in [-0.39, 0.29) is 46.8 Å². The molecule has 0 radical (unpaired) electrons. The topological polar surface area (TPSA) is 161 Å². The largest absolute Gasteiger partial charge is 2.00 e. The first kappa shape index (κ1) is 23.4. The van der Waals surface area contributed by atoms with E-state index in [0.717, 1.165) is 0 Å². The standard InChI is InChI=1S/Cd.Cr.H2O4S.4O.Zn/c;;1-5(2,3)4;;;;;/h;;(H2,1,2,3,4);;;;;/q+2;;;;;2*-1;+2/p-2. The van der Waals surface area contributed by atoms with Gasteiger partial charge in [-0.05, 0) is 0 Å². The van der Waals surface area contributed by atoms with Crippen LogP contribution < -0.4 is 8.32 Å². The normalized spacial score (nSPS) is 9.67. The average Bonchev–Trinajstić information content (AvgIpc) is 1.12. The summed E-state index contributed by atoms with van der Waals surface area (Å²) in [4.78, 5) is 0. The fourth-order valence-electron chi connectivity index (χ4n) is 0. The predicted molar refractivity (Wildman–Crippen MR) is 11.8 cm³/mol. The smallest absolute Gasteiger partial charge is 2.00 e. The van der Waals surface area contributed by atoms with Crippen LogP contribution in [-0.4, -0.2) is 17.5 Å². The molecule has 0 aliphatic heterocycles. The van der Waals surface area contributed by atoms with Crippen LogP contribution in [0.1, 0.15) is 0 Å². The Morgan fingerprint density at radius 2 is 1.00 bits per heavy atom. The first-order chi connectivity index (χ1) is 4.00. The maximum absolute atomic E-state index is 8.59.